The van der Waals surface area contributed by atoms with E-state index in [2.05, 4.69) is 236 Å². The van der Waals surface area contributed by atoms with E-state index in [1.165, 1.54) is 33.4 Å². The lowest BCUT2D eigenvalue weighted by atomic mass is 9.87. The zero-order valence-corrected chi connectivity index (χ0v) is 35.5. The van der Waals surface area contributed by atoms with E-state index in [4.69, 9.17) is 9.41 Å². The SMILES string of the molecule is C1=C(c2cc3oc4ccccc4c3c3ccccc23)N=C(c2ccc(-c3ccccc3)cc2)NC1c1ccc(-c2cc(-c3ccccc3)cc(-c3ccccc3)c2)c(-c2ccccc2)c1. The van der Waals surface area contributed by atoms with E-state index < -0.39 is 0 Å². The summed E-state index contributed by atoms with van der Waals surface area (Å²) in [6.45, 7) is 0. The Morgan fingerprint density at radius 1 is 0.338 bits per heavy atom. The van der Waals surface area contributed by atoms with Crippen LogP contribution in [0.5, 0.6) is 0 Å². The maximum atomic E-state index is 6.57. The molecule has 10 aromatic carbocycles. The summed E-state index contributed by atoms with van der Waals surface area (Å²) < 4.78 is 6.57. The van der Waals surface area contributed by atoms with Crippen LogP contribution in [0.25, 0.3) is 94.0 Å². The number of para-hydroxylation sites is 1. The van der Waals surface area contributed by atoms with Crippen molar-refractivity contribution in [3.8, 4) is 55.6 Å². The van der Waals surface area contributed by atoms with Gasteiger partial charge in [-0.1, -0.05) is 200 Å². The van der Waals surface area contributed by atoms with Crippen LogP contribution in [0.3, 0.4) is 0 Å². The van der Waals surface area contributed by atoms with Gasteiger partial charge in [-0.05, 0) is 114 Å². The highest BCUT2D eigenvalue weighted by Crippen LogP contribution is 2.42. The number of hydrogen-bond acceptors (Lipinski definition) is 3. The van der Waals surface area contributed by atoms with Crippen LogP contribution in [0.15, 0.2) is 252 Å². The Hall–Kier alpha value is -8.53. The van der Waals surface area contributed by atoms with Crippen LogP contribution in [0.1, 0.15) is 22.7 Å². The first-order valence-corrected chi connectivity index (χ1v) is 22.2. The van der Waals surface area contributed by atoms with Crippen LogP contribution < -0.4 is 5.32 Å². The molecule has 65 heavy (non-hydrogen) atoms. The quantitative estimate of drug-likeness (QED) is 0.166. The van der Waals surface area contributed by atoms with Crippen molar-refractivity contribution in [2.45, 2.75) is 6.04 Å². The maximum Gasteiger partial charge on any atom is 0.136 e. The second-order valence-electron chi connectivity index (χ2n) is 16.7. The van der Waals surface area contributed by atoms with Crippen LogP contribution in [0.4, 0.5) is 0 Å². The molecular weight excluding hydrogens is 789 g/mol. The molecule has 2 heterocycles. The predicted molar refractivity (Wildman–Crippen MR) is 272 cm³/mol. The number of amidine groups is 1. The Morgan fingerprint density at radius 3 is 1.49 bits per heavy atom. The van der Waals surface area contributed by atoms with E-state index in [1.54, 1.807) is 0 Å². The van der Waals surface area contributed by atoms with Crippen LogP contribution >= 0.6 is 0 Å². The molecule has 3 heteroatoms. The summed E-state index contributed by atoms with van der Waals surface area (Å²) in [4.78, 5) is 5.46. The minimum Gasteiger partial charge on any atom is -0.456 e. The summed E-state index contributed by atoms with van der Waals surface area (Å²) in [5.74, 6) is 0.814. The molecular formula is C62H42N2O. The molecule has 0 amide bonds. The van der Waals surface area contributed by atoms with Crippen molar-refractivity contribution < 1.29 is 4.42 Å². The van der Waals surface area contributed by atoms with Gasteiger partial charge in [0.25, 0.3) is 0 Å². The number of benzene rings is 10. The van der Waals surface area contributed by atoms with Gasteiger partial charge in [0, 0.05) is 21.9 Å². The highest BCUT2D eigenvalue weighted by Gasteiger charge is 2.24. The summed E-state index contributed by atoms with van der Waals surface area (Å²) in [6.07, 6.45) is 2.28. The Morgan fingerprint density at radius 2 is 0.846 bits per heavy atom. The number of fused-ring (bicyclic) bond motifs is 5. The fourth-order valence-electron chi connectivity index (χ4n) is 9.51. The molecule has 1 aliphatic rings. The number of furan rings is 1. The average Bonchev–Trinajstić information content (AvgIpc) is 3.78. The zero-order chi connectivity index (χ0) is 43.1. The molecule has 0 radical (unpaired) electrons. The van der Waals surface area contributed by atoms with E-state index >= 15 is 0 Å². The van der Waals surface area contributed by atoms with E-state index in [-0.39, 0.29) is 6.04 Å². The second kappa shape index (κ2) is 16.3. The summed E-state index contributed by atoms with van der Waals surface area (Å²) in [5.41, 5.74) is 17.5. The van der Waals surface area contributed by atoms with Gasteiger partial charge in [0.1, 0.15) is 17.0 Å². The fraction of sp³-hybridized carbons (Fsp3) is 0.0161. The van der Waals surface area contributed by atoms with Crippen molar-refractivity contribution in [1.29, 1.82) is 0 Å². The molecule has 12 rings (SSSR count). The fourth-order valence-corrected chi connectivity index (χ4v) is 9.51. The summed E-state index contributed by atoms with van der Waals surface area (Å²) >= 11 is 0. The highest BCUT2D eigenvalue weighted by molar-refractivity contribution is 6.21. The molecule has 0 saturated heterocycles. The average molecular weight is 831 g/mol. The molecule has 0 fully saturated rings. The van der Waals surface area contributed by atoms with E-state index in [1.807, 2.05) is 12.1 Å². The molecule has 3 nitrogen and oxygen atoms in total. The summed E-state index contributed by atoms with van der Waals surface area (Å²) in [6, 6.07) is 84.3. The summed E-state index contributed by atoms with van der Waals surface area (Å²) in [5, 5.41) is 8.42. The number of hydrogen-bond donors (Lipinski definition) is 1. The van der Waals surface area contributed by atoms with Gasteiger partial charge >= 0.3 is 0 Å². The van der Waals surface area contributed by atoms with E-state index in [9.17, 15) is 0 Å². The van der Waals surface area contributed by atoms with Crippen molar-refractivity contribution in [3.05, 3.63) is 259 Å². The van der Waals surface area contributed by atoms with Crippen molar-refractivity contribution in [3.63, 3.8) is 0 Å². The maximum absolute atomic E-state index is 6.57. The van der Waals surface area contributed by atoms with E-state index in [0.29, 0.717) is 0 Å². The molecule has 0 bridgehead atoms. The number of rotatable bonds is 8. The van der Waals surface area contributed by atoms with Crippen LogP contribution in [-0.4, -0.2) is 5.84 Å². The first-order chi connectivity index (χ1) is 32.2. The van der Waals surface area contributed by atoms with Crippen LogP contribution in [-0.2, 0) is 0 Å². The summed E-state index contributed by atoms with van der Waals surface area (Å²) in [7, 11) is 0. The number of aliphatic imine (C=N–C) groups is 1. The topological polar surface area (TPSA) is 37.5 Å². The zero-order valence-electron chi connectivity index (χ0n) is 35.5. The normalized spacial score (nSPS) is 13.7. The van der Waals surface area contributed by atoms with Crippen molar-refractivity contribution in [2.75, 3.05) is 0 Å². The van der Waals surface area contributed by atoms with Crippen molar-refractivity contribution >= 4 is 44.2 Å². The number of nitrogens with zero attached hydrogens (tertiary/aromatic N) is 1. The Kier molecular flexibility index (Phi) is 9.57. The Labute approximate surface area is 378 Å². The predicted octanol–water partition coefficient (Wildman–Crippen LogP) is 16.2. The molecule has 0 saturated carbocycles. The van der Waals surface area contributed by atoms with Gasteiger partial charge < -0.3 is 9.73 Å². The second-order valence-corrected chi connectivity index (χ2v) is 16.7. The molecule has 1 aliphatic heterocycles. The monoisotopic (exact) mass is 830 g/mol. The van der Waals surface area contributed by atoms with Gasteiger partial charge in [0.2, 0.25) is 0 Å². The van der Waals surface area contributed by atoms with Gasteiger partial charge in [-0.25, -0.2) is 4.99 Å². The molecule has 0 aliphatic carbocycles. The lowest BCUT2D eigenvalue weighted by molar-refractivity contribution is 0.669. The first-order valence-electron chi connectivity index (χ1n) is 22.2. The molecule has 306 valence electrons. The lowest BCUT2D eigenvalue weighted by Crippen LogP contribution is -2.31. The lowest BCUT2D eigenvalue weighted by Gasteiger charge is -2.26. The largest absolute Gasteiger partial charge is 0.456 e. The van der Waals surface area contributed by atoms with Gasteiger partial charge in [0.15, 0.2) is 0 Å². The molecule has 0 spiro atoms. The smallest absolute Gasteiger partial charge is 0.136 e. The molecule has 11 aromatic rings. The highest BCUT2D eigenvalue weighted by atomic mass is 16.3. The standard InChI is InChI=1S/C62H42N2O/c1-5-17-41(18-6-1)44-29-31-46(32-30-44)62-63-57(40-58(64-62)56-39-60-61(53-26-14-13-25-52(53)56)54-27-15-16-28-59(54)65-60)47-33-34-51(55(38-47)45-23-11-4-12-24-45)50-36-48(42-19-7-2-8-20-42)35-49(37-50)43-21-9-3-10-22-43/h1-40,57H,(H,63,64). The Balaban J connectivity index is 1.04. The minimum atomic E-state index is -0.205. The molecule has 1 aromatic heterocycles. The van der Waals surface area contributed by atoms with Gasteiger partial charge in [-0.15, -0.1) is 0 Å². The first kappa shape index (κ1) is 38.2. The molecule has 1 atom stereocenters. The third kappa shape index (κ3) is 7.19. The van der Waals surface area contributed by atoms with Gasteiger partial charge in [-0.2, -0.15) is 0 Å². The molecule has 1 unspecified atom stereocenters. The van der Waals surface area contributed by atoms with Crippen molar-refractivity contribution in [1.82, 2.24) is 5.32 Å². The third-order valence-corrected chi connectivity index (χ3v) is 12.7. The van der Waals surface area contributed by atoms with E-state index in [0.717, 1.165) is 83.2 Å². The van der Waals surface area contributed by atoms with Crippen LogP contribution in [0, 0.1) is 0 Å². The Bertz CT molecular complexity index is 3530. The molecule has 1 N–H and O–H groups in total. The third-order valence-electron chi connectivity index (χ3n) is 12.7. The van der Waals surface area contributed by atoms with Gasteiger partial charge in [0.05, 0.1) is 11.7 Å². The number of nitrogens with one attached hydrogen (secondary N) is 1. The van der Waals surface area contributed by atoms with Gasteiger partial charge in [-0.3, -0.25) is 0 Å². The van der Waals surface area contributed by atoms with Crippen molar-refractivity contribution in [2.24, 2.45) is 4.99 Å². The van der Waals surface area contributed by atoms with Crippen LogP contribution in [0.2, 0.25) is 0 Å². The minimum absolute atomic E-state index is 0.205.